The van der Waals surface area contributed by atoms with Crippen molar-refractivity contribution in [1.82, 2.24) is 5.32 Å². The minimum atomic E-state index is -1.06. The van der Waals surface area contributed by atoms with Crippen LogP contribution in [0.15, 0.2) is 71.9 Å². The van der Waals surface area contributed by atoms with Gasteiger partial charge < -0.3 is 15.3 Å². The normalized spacial score (nSPS) is 18.7. The van der Waals surface area contributed by atoms with Gasteiger partial charge in [0.15, 0.2) is 0 Å². The predicted molar refractivity (Wildman–Crippen MR) is 126 cm³/mol. The van der Waals surface area contributed by atoms with Crippen molar-refractivity contribution < 1.29 is 19.1 Å². The van der Waals surface area contributed by atoms with Gasteiger partial charge in [0.25, 0.3) is 0 Å². The molecule has 1 aliphatic rings. The van der Waals surface area contributed by atoms with Crippen LogP contribution in [0.4, 0.5) is 4.39 Å². The molecule has 0 aliphatic carbocycles. The second kappa shape index (κ2) is 11.1. The lowest BCUT2D eigenvalue weighted by Crippen LogP contribution is -2.40. The van der Waals surface area contributed by atoms with Crippen LogP contribution in [0.2, 0.25) is 0 Å². The zero-order valence-electron chi connectivity index (χ0n) is 17.5. The molecule has 0 spiro atoms. The summed E-state index contributed by atoms with van der Waals surface area (Å²) in [5.41, 5.74) is 2.93. The van der Waals surface area contributed by atoms with E-state index in [1.165, 1.54) is 12.1 Å². The predicted octanol–water partition coefficient (Wildman–Crippen LogP) is 4.79. The summed E-state index contributed by atoms with van der Waals surface area (Å²) in [5.74, 6) is -1.16. The van der Waals surface area contributed by atoms with Crippen molar-refractivity contribution in [2.75, 3.05) is 19.7 Å². The van der Waals surface area contributed by atoms with Gasteiger partial charge in [-0.15, -0.1) is 12.4 Å². The molecule has 0 saturated carbocycles. The Labute approximate surface area is 192 Å². The highest BCUT2D eigenvalue weighted by Crippen LogP contribution is 2.33. The summed E-state index contributed by atoms with van der Waals surface area (Å²) < 4.78 is 13.5. The summed E-state index contributed by atoms with van der Waals surface area (Å²) in [6.07, 6.45) is 1.43. The Hall–Kier alpha value is -2.96. The van der Waals surface area contributed by atoms with Crippen molar-refractivity contribution >= 4 is 34.9 Å². The maximum absolute atomic E-state index is 13.5. The molecule has 2 unspecified atom stereocenters. The van der Waals surface area contributed by atoms with Gasteiger partial charge in [-0.25, -0.2) is 9.18 Å². The van der Waals surface area contributed by atoms with Crippen molar-refractivity contribution in [2.45, 2.75) is 18.8 Å². The first-order valence-electron chi connectivity index (χ1n) is 10.4. The van der Waals surface area contributed by atoms with E-state index in [1.807, 2.05) is 24.3 Å². The zero-order chi connectivity index (χ0) is 21.6. The van der Waals surface area contributed by atoms with Gasteiger partial charge in [-0.1, -0.05) is 59.8 Å². The fraction of sp³-hybridized carbons (Fsp3) is 0.280. The summed E-state index contributed by atoms with van der Waals surface area (Å²) in [5, 5.41) is 19.0. The average Bonchev–Trinajstić information content (AvgIpc) is 2.79. The second-order valence-electron chi connectivity index (χ2n) is 7.87. The molecule has 2 atom stereocenters. The molecule has 3 aromatic rings. The molecule has 1 aliphatic heterocycles. The fourth-order valence-electron chi connectivity index (χ4n) is 4.28. The van der Waals surface area contributed by atoms with Crippen LogP contribution in [0, 0.1) is 11.7 Å². The smallest absolute Gasteiger partial charge is 0.344 e. The van der Waals surface area contributed by atoms with Crippen molar-refractivity contribution in [3.8, 4) is 0 Å². The maximum atomic E-state index is 13.5. The molecule has 32 heavy (non-hydrogen) atoms. The Kier molecular flexibility index (Phi) is 8.20. The minimum Gasteiger partial charge on any atom is -0.479 e. The maximum Gasteiger partial charge on any atom is 0.344 e. The number of halogens is 2. The Morgan fingerprint density at radius 2 is 1.84 bits per heavy atom. The van der Waals surface area contributed by atoms with E-state index >= 15 is 0 Å². The van der Waals surface area contributed by atoms with Crippen LogP contribution < -0.4 is 5.32 Å². The minimum absolute atomic E-state index is 0. The number of carboxylic acid groups (broad SMARTS) is 1. The quantitative estimate of drug-likeness (QED) is 0.396. The highest BCUT2D eigenvalue weighted by Gasteiger charge is 2.31. The van der Waals surface area contributed by atoms with Crippen LogP contribution in [0.3, 0.4) is 0 Å². The monoisotopic (exact) mass is 456 g/mol. The zero-order valence-corrected chi connectivity index (χ0v) is 18.4. The van der Waals surface area contributed by atoms with E-state index in [0.717, 1.165) is 40.6 Å². The number of piperidine rings is 1. The Morgan fingerprint density at radius 3 is 2.59 bits per heavy atom. The molecule has 0 radical (unpaired) electrons. The summed E-state index contributed by atoms with van der Waals surface area (Å²) in [6.45, 7) is 1.07. The number of carboxylic acids is 1. The highest BCUT2D eigenvalue weighted by atomic mass is 35.5. The average molecular weight is 457 g/mol. The van der Waals surface area contributed by atoms with E-state index in [9.17, 15) is 9.18 Å². The van der Waals surface area contributed by atoms with E-state index in [1.54, 1.807) is 0 Å². The van der Waals surface area contributed by atoms with Gasteiger partial charge in [0.2, 0.25) is 6.61 Å². The number of hydrogen-bond donors (Lipinski definition) is 2. The van der Waals surface area contributed by atoms with Crippen LogP contribution in [-0.4, -0.2) is 36.5 Å². The molecular formula is C25H26ClFN2O3. The summed E-state index contributed by atoms with van der Waals surface area (Å²) in [4.78, 5) is 16.1. The van der Waals surface area contributed by atoms with Gasteiger partial charge >= 0.3 is 5.97 Å². The van der Waals surface area contributed by atoms with Crippen molar-refractivity contribution in [2.24, 2.45) is 11.1 Å². The molecule has 5 nitrogen and oxygen atoms in total. The number of fused-ring (bicyclic) bond motifs is 1. The summed E-state index contributed by atoms with van der Waals surface area (Å²) in [7, 11) is 0. The van der Waals surface area contributed by atoms with E-state index < -0.39 is 12.6 Å². The number of nitrogens with zero attached hydrogens (tertiary/aromatic N) is 1. The molecule has 7 heteroatoms. The number of aliphatic carboxylic acids is 1. The molecule has 0 amide bonds. The first kappa shape index (κ1) is 23.7. The van der Waals surface area contributed by atoms with Crippen LogP contribution >= 0.6 is 12.4 Å². The first-order valence-corrected chi connectivity index (χ1v) is 10.4. The van der Waals surface area contributed by atoms with Gasteiger partial charge in [-0.05, 0) is 52.9 Å². The van der Waals surface area contributed by atoms with E-state index in [2.05, 4.69) is 40.8 Å². The third-order valence-corrected chi connectivity index (χ3v) is 5.78. The number of rotatable bonds is 7. The molecule has 0 bridgehead atoms. The number of benzene rings is 3. The molecule has 1 fully saturated rings. The van der Waals surface area contributed by atoms with Gasteiger partial charge in [-0.2, -0.15) is 0 Å². The van der Waals surface area contributed by atoms with E-state index in [0.29, 0.717) is 13.0 Å². The molecule has 3 aromatic carbocycles. The van der Waals surface area contributed by atoms with Crippen LogP contribution in [0.25, 0.3) is 10.8 Å². The van der Waals surface area contributed by atoms with Crippen LogP contribution in [0.1, 0.15) is 23.5 Å². The third-order valence-electron chi connectivity index (χ3n) is 5.78. The molecule has 0 aromatic heterocycles. The topological polar surface area (TPSA) is 70.9 Å². The number of hydrogen-bond acceptors (Lipinski definition) is 4. The lowest BCUT2D eigenvalue weighted by Gasteiger charge is -2.33. The van der Waals surface area contributed by atoms with Gasteiger partial charge in [-0.3, -0.25) is 0 Å². The van der Waals surface area contributed by atoms with Gasteiger partial charge in [0.05, 0.1) is 5.71 Å². The van der Waals surface area contributed by atoms with Crippen molar-refractivity contribution in [3.05, 3.63) is 83.7 Å². The first-order chi connectivity index (χ1) is 15.1. The molecule has 2 N–H and O–H groups in total. The van der Waals surface area contributed by atoms with Gasteiger partial charge in [0, 0.05) is 18.9 Å². The molecule has 168 valence electrons. The van der Waals surface area contributed by atoms with E-state index in [-0.39, 0.29) is 30.1 Å². The van der Waals surface area contributed by atoms with Crippen molar-refractivity contribution in [1.29, 1.82) is 0 Å². The number of nitrogens with one attached hydrogen (secondary N) is 1. The highest BCUT2D eigenvalue weighted by molar-refractivity contribution is 5.91. The molecule has 1 saturated heterocycles. The number of oxime groups is 1. The largest absolute Gasteiger partial charge is 0.479 e. The standard InChI is InChI=1S/C25H25FN2O3.ClH/c26-21-9-7-19(8-10-21)22-11-12-27-15-23(22)24(28-31-16-25(29)30)14-17-5-6-18-3-1-2-4-20(18)13-17;/h1-10,13,22-23,27H,11-12,14-16H2,(H,29,30);1H. The summed E-state index contributed by atoms with van der Waals surface area (Å²) >= 11 is 0. The van der Waals surface area contributed by atoms with Crippen LogP contribution in [-0.2, 0) is 16.1 Å². The Bertz CT molecular complexity index is 1090. The number of carbonyl (C=O) groups is 1. The van der Waals surface area contributed by atoms with E-state index in [4.69, 9.17) is 9.94 Å². The summed E-state index contributed by atoms with van der Waals surface area (Å²) in [6, 6.07) is 21.0. The van der Waals surface area contributed by atoms with Crippen molar-refractivity contribution in [3.63, 3.8) is 0 Å². The fourth-order valence-corrected chi connectivity index (χ4v) is 4.28. The molecular weight excluding hydrogens is 431 g/mol. The van der Waals surface area contributed by atoms with Crippen LogP contribution in [0.5, 0.6) is 0 Å². The Morgan fingerprint density at radius 1 is 1.09 bits per heavy atom. The molecule has 1 heterocycles. The van der Waals surface area contributed by atoms with Gasteiger partial charge in [0.1, 0.15) is 5.82 Å². The lowest BCUT2D eigenvalue weighted by molar-refractivity contribution is -0.142. The Balaban J connectivity index is 0.00000289. The SMILES string of the molecule is Cl.O=C(O)CON=C(Cc1ccc2ccccc2c1)C1CNCCC1c1ccc(F)cc1. The lowest BCUT2D eigenvalue weighted by atomic mass is 9.77. The third kappa shape index (κ3) is 5.84. The molecule has 4 rings (SSSR count). The second-order valence-corrected chi connectivity index (χ2v) is 7.87.